The number of ether oxygens (including phenoxy) is 1. The molecule has 3 rings (SSSR count). The maximum absolute atomic E-state index is 5.84. The van der Waals surface area contributed by atoms with Crippen LogP contribution in [0, 0.1) is 0 Å². The summed E-state index contributed by atoms with van der Waals surface area (Å²) in [5, 5.41) is 3.23. The minimum atomic E-state index is 0.499. The van der Waals surface area contributed by atoms with Crippen molar-refractivity contribution >= 4 is 21.7 Å². The highest BCUT2D eigenvalue weighted by atomic mass is 79.9. The molecule has 1 aliphatic carbocycles. The number of aromatic nitrogens is 2. The fourth-order valence-electron chi connectivity index (χ4n) is 1.94. The molecular formula is C15H16BrN3O. The molecule has 20 heavy (non-hydrogen) atoms. The van der Waals surface area contributed by atoms with Crippen LogP contribution in [0.4, 0.5) is 5.82 Å². The molecule has 1 heterocycles. The summed E-state index contributed by atoms with van der Waals surface area (Å²) in [7, 11) is 0. The van der Waals surface area contributed by atoms with Crippen molar-refractivity contribution in [3.05, 3.63) is 40.6 Å². The lowest BCUT2D eigenvalue weighted by molar-refractivity contribution is 0.458. The van der Waals surface area contributed by atoms with E-state index in [0.717, 1.165) is 28.4 Å². The van der Waals surface area contributed by atoms with Gasteiger partial charge in [-0.15, -0.1) is 0 Å². The van der Waals surface area contributed by atoms with Gasteiger partial charge < -0.3 is 10.1 Å². The van der Waals surface area contributed by atoms with Crippen molar-refractivity contribution in [3.8, 4) is 11.6 Å². The number of halogens is 1. The number of benzene rings is 1. The molecule has 2 aromatic rings. The van der Waals surface area contributed by atoms with Crippen LogP contribution in [-0.2, 0) is 0 Å². The normalized spacial score (nSPS) is 14.1. The molecule has 1 fully saturated rings. The predicted octanol–water partition coefficient (Wildman–Crippen LogP) is 4.34. The number of nitrogens with zero attached hydrogens (tertiary/aromatic N) is 2. The maximum atomic E-state index is 5.84. The largest absolute Gasteiger partial charge is 0.439 e. The topological polar surface area (TPSA) is 47.0 Å². The molecule has 104 valence electrons. The van der Waals surface area contributed by atoms with Crippen molar-refractivity contribution in [3.63, 3.8) is 0 Å². The Morgan fingerprint density at radius 2 is 2.15 bits per heavy atom. The Balaban J connectivity index is 1.87. The quantitative estimate of drug-likeness (QED) is 0.884. The standard InChI is InChI=1S/C15H16BrN3O/c1-2-17-13-9-14(19-15(18-13)10-6-7-10)20-12-5-3-4-11(16)8-12/h3-5,8-10H,2,6-7H2,1H3,(H,17,18,19). The second kappa shape index (κ2) is 5.79. The zero-order valence-corrected chi connectivity index (χ0v) is 12.9. The molecule has 0 unspecified atom stereocenters. The van der Waals surface area contributed by atoms with Crippen molar-refractivity contribution in [2.45, 2.75) is 25.7 Å². The monoisotopic (exact) mass is 333 g/mol. The van der Waals surface area contributed by atoms with Crippen molar-refractivity contribution in [2.75, 3.05) is 11.9 Å². The van der Waals surface area contributed by atoms with Crippen LogP contribution in [-0.4, -0.2) is 16.5 Å². The van der Waals surface area contributed by atoms with E-state index in [0.29, 0.717) is 11.8 Å². The van der Waals surface area contributed by atoms with E-state index in [1.54, 1.807) is 0 Å². The third kappa shape index (κ3) is 3.28. The highest BCUT2D eigenvalue weighted by Gasteiger charge is 2.27. The van der Waals surface area contributed by atoms with Gasteiger partial charge in [0, 0.05) is 23.0 Å². The van der Waals surface area contributed by atoms with Crippen LogP contribution >= 0.6 is 15.9 Å². The lowest BCUT2D eigenvalue weighted by Gasteiger charge is -2.09. The smallest absolute Gasteiger partial charge is 0.224 e. The first-order chi connectivity index (χ1) is 9.74. The van der Waals surface area contributed by atoms with E-state index in [9.17, 15) is 0 Å². The molecule has 1 aliphatic rings. The van der Waals surface area contributed by atoms with E-state index < -0.39 is 0 Å². The van der Waals surface area contributed by atoms with Gasteiger partial charge in [0.25, 0.3) is 0 Å². The highest BCUT2D eigenvalue weighted by Crippen LogP contribution is 2.39. The maximum Gasteiger partial charge on any atom is 0.224 e. The van der Waals surface area contributed by atoms with Gasteiger partial charge >= 0.3 is 0 Å². The van der Waals surface area contributed by atoms with Crippen LogP contribution in [0.2, 0.25) is 0 Å². The Morgan fingerprint density at radius 3 is 2.85 bits per heavy atom. The third-order valence-electron chi connectivity index (χ3n) is 3.04. The van der Waals surface area contributed by atoms with Gasteiger partial charge in [-0.1, -0.05) is 22.0 Å². The lowest BCUT2D eigenvalue weighted by Crippen LogP contribution is -2.04. The molecule has 1 aromatic heterocycles. The van der Waals surface area contributed by atoms with E-state index >= 15 is 0 Å². The first-order valence-electron chi connectivity index (χ1n) is 6.81. The van der Waals surface area contributed by atoms with Crippen LogP contribution < -0.4 is 10.1 Å². The summed E-state index contributed by atoms with van der Waals surface area (Å²) in [5.41, 5.74) is 0. The van der Waals surface area contributed by atoms with Crippen molar-refractivity contribution in [1.29, 1.82) is 0 Å². The van der Waals surface area contributed by atoms with E-state index in [2.05, 4.69) is 31.2 Å². The summed E-state index contributed by atoms with van der Waals surface area (Å²) in [4.78, 5) is 9.05. The number of hydrogen-bond donors (Lipinski definition) is 1. The Morgan fingerprint density at radius 1 is 1.30 bits per heavy atom. The van der Waals surface area contributed by atoms with Gasteiger partial charge in [-0.05, 0) is 38.0 Å². The first-order valence-corrected chi connectivity index (χ1v) is 7.60. The predicted molar refractivity (Wildman–Crippen MR) is 82.4 cm³/mol. The molecule has 0 saturated heterocycles. The average molecular weight is 334 g/mol. The van der Waals surface area contributed by atoms with Crippen LogP contribution in [0.5, 0.6) is 11.6 Å². The van der Waals surface area contributed by atoms with Crippen LogP contribution in [0.3, 0.4) is 0 Å². The zero-order chi connectivity index (χ0) is 13.9. The van der Waals surface area contributed by atoms with Gasteiger partial charge in [-0.2, -0.15) is 4.98 Å². The summed E-state index contributed by atoms with van der Waals surface area (Å²) >= 11 is 3.44. The number of hydrogen-bond acceptors (Lipinski definition) is 4. The molecule has 0 atom stereocenters. The zero-order valence-electron chi connectivity index (χ0n) is 11.3. The summed E-state index contributed by atoms with van der Waals surface area (Å²) in [5.74, 6) is 3.57. The molecular weight excluding hydrogens is 318 g/mol. The van der Waals surface area contributed by atoms with Gasteiger partial charge in [0.1, 0.15) is 17.4 Å². The van der Waals surface area contributed by atoms with Crippen molar-refractivity contribution in [2.24, 2.45) is 0 Å². The molecule has 1 aromatic carbocycles. The van der Waals surface area contributed by atoms with E-state index in [4.69, 9.17) is 4.74 Å². The van der Waals surface area contributed by atoms with E-state index in [1.807, 2.05) is 37.3 Å². The number of rotatable bonds is 5. The molecule has 0 spiro atoms. The molecule has 4 nitrogen and oxygen atoms in total. The van der Waals surface area contributed by atoms with Gasteiger partial charge in [-0.25, -0.2) is 4.98 Å². The van der Waals surface area contributed by atoms with Gasteiger partial charge in [0.2, 0.25) is 5.88 Å². The molecule has 0 amide bonds. The second-order valence-corrected chi connectivity index (χ2v) is 5.73. The van der Waals surface area contributed by atoms with E-state index in [1.165, 1.54) is 12.8 Å². The highest BCUT2D eigenvalue weighted by molar-refractivity contribution is 9.10. The lowest BCUT2D eigenvalue weighted by atomic mass is 10.3. The molecule has 0 aliphatic heterocycles. The Kier molecular flexibility index (Phi) is 3.87. The van der Waals surface area contributed by atoms with Crippen LogP contribution in [0.1, 0.15) is 31.5 Å². The van der Waals surface area contributed by atoms with Crippen molar-refractivity contribution in [1.82, 2.24) is 9.97 Å². The fourth-order valence-corrected chi connectivity index (χ4v) is 2.32. The Hall–Kier alpha value is -1.62. The number of anilines is 1. The minimum Gasteiger partial charge on any atom is -0.439 e. The van der Waals surface area contributed by atoms with Gasteiger partial charge in [0.05, 0.1) is 0 Å². The van der Waals surface area contributed by atoms with Crippen molar-refractivity contribution < 1.29 is 4.74 Å². The second-order valence-electron chi connectivity index (χ2n) is 4.81. The SMILES string of the molecule is CCNc1cc(Oc2cccc(Br)c2)nc(C2CC2)n1. The Labute approximate surface area is 126 Å². The fraction of sp³-hybridized carbons (Fsp3) is 0.333. The molecule has 1 saturated carbocycles. The minimum absolute atomic E-state index is 0.499. The average Bonchev–Trinajstić information content (AvgIpc) is 3.23. The Bertz CT molecular complexity index is 614. The summed E-state index contributed by atoms with van der Waals surface area (Å²) in [6.45, 7) is 2.88. The summed E-state index contributed by atoms with van der Waals surface area (Å²) < 4.78 is 6.83. The van der Waals surface area contributed by atoms with Gasteiger partial charge in [0.15, 0.2) is 0 Å². The molecule has 5 heteroatoms. The van der Waals surface area contributed by atoms with Crippen LogP contribution in [0.25, 0.3) is 0 Å². The summed E-state index contributed by atoms with van der Waals surface area (Å²) in [6, 6.07) is 9.58. The van der Waals surface area contributed by atoms with Gasteiger partial charge in [-0.3, -0.25) is 0 Å². The van der Waals surface area contributed by atoms with E-state index in [-0.39, 0.29) is 0 Å². The first kappa shape index (κ1) is 13.4. The molecule has 0 radical (unpaired) electrons. The third-order valence-corrected chi connectivity index (χ3v) is 3.53. The molecule has 1 N–H and O–H groups in total. The number of nitrogens with one attached hydrogen (secondary N) is 1. The van der Waals surface area contributed by atoms with Crippen LogP contribution in [0.15, 0.2) is 34.8 Å². The summed E-state index contributed by atoms with van der Waals surface area (Å²) in [6.07, 6.45) is 2.35. The molecule has 0 bridgehead atoms.